The van der Waals surface area contributed by atoms with Crippen LogP contribution in [0.1, 0.15) is 11.1 Å². The summed E-state index contributed by atoms with van der Waals surface area (Å²) in [6, 6.07) is 8.39. The number of nitrogens with zero attached hydrogens (tertiary/aromatic N) is 2. The van der Waals surface area contributed by atoms with Gasteiger partial charge in [-0.3, -0.25) is 0 Å². The van der Waals surface area contributed by atoms with Crippen molar-refractivity contribution in [3.05, 3.63) is 35.4 Å². The van der Waals surface area contributed by atoms with Gasteiger partial charge in [0.1, 0.15) is 6.04 Å². The summed E-state index contributed by atoms with van der Waals surface area (Å²) >= 11 is 0. The molecular formula is C12H12N2. The van der Waals surface area contributed by atoms with Crippen molar-refractivity contribution in [1.29, 1.82) is 5.26 Å². The predicted molar refractivity (Wildman–Crippen MR) is 58.0 cm³/mol. The number of likely N-dealkylation sites (N-methyl/N-ethyl adjacent to an activating group) is 1. The third-order valence-corrected chi connectivity index (χ3v) is 2.57. The molecule has 1 aliphatic rings. The monoisotopic (exact) mass is 184 g/mol. The molecule has 0 spiro atoms. The maximum Gasteiger partial charge on any atom is 0.135 e. The van der Waals surface area contributed by atoms with Crippen LogP contribution in [0.4, 0.5) is 5.69 Å². The summed E-state index contributed by atoms with van der Waals surface area (Å²) in [6.07, 6.45) is 3.96. The Kier molecular flexibility index (Phi) is 2.01. The van der Waals surface area contributed by atoms with Crippen LogP contribution in [-0.2, 0) is 0 Å². The van der Waals surface area contributed by atoms with Gasteiger partial charge in [-0.15, -0.1) is 0 Å². The third-order valence-electron chi connectivity index (χ3n) is 2.57. The van der Waals surface area contributed by atoms with E-state index in [4.69, 9.17) is 5.26 Å². The fraction of sp³-hybridized carbons (Fsp3) is 0.250. The number of anilines is 1. The van der Waals surface area contributed by atoms with Gasteiger partial charge in [0.2, 0.25) is 0 Å². The molecule has 0 radical (unpaired) electrons. The molecule has 0 aromatic heterocycles. The van der Waals surface area contributed by atoms with Crippen molar-refractivity contribution in [1.82, 2.24) is 0 Å². The maximum atomic E-state index is 8.90. The fourth-order valence-corrected chi connectivity index (χ4v) is 1.73. The van der Waals surface area contributed by atoms with E-state index in [1.807, 2.05) is 24.1 Å². The van der Waals surface area contributed by atoms with Crippen LogP contribution in [0.3, 0.4) is 0 Å². The Labute approximate surface area is 84.1 Å². The first-order chi connectivity index (χ1) is 6.72. The van der Waals surface area contributed by atoms with Gasteiger partial charge in [-0.05, 0) is 30.7 Å². The normalized spacial score (nSPS) is 18.9. The number of hydrogen-bond donors (Lipinski definition) is 0. The molecule has 2 rings (SSSR count). The SMILES string of the molecule is Cc1ccc2c(c1)C=CC(C#N)N2C. The molecule has 1 aromatic rings. The lowest BCUT2D eigenvalue weighted by Crippen LogP contribution is -2.30. The summed E-state index contributed by atoms with van der Waals surface area (Å²) < 4.78 is 0. The van der Waals surface area contributed by atoms with Crippen LogP contribution >= 0.6 is 0 Å². The van der Waals surface area contributed by atoms with E-state index in [0.717, 1.165) is 5.69 Å². The highest BCUT2D eigenvalue weighted by Crippen LogP contribution is 2.28. The average Bonchev–Trinajstić information content (AvgIpc) is 2.18. The highest BCUT2D eigenvalue weighted by Gasteiger charge is 2.17. The predicted octanol–water partition coefficient (Wildman–Crippen LogP) is 2.35. The van der Waals surface area contributed by atoms with Crippen LogP contribution < -0.4 is 4.90 Å². The minimum Gasteiger partial charge on any atom is -0.355 e. The van der Waals surface area contributed by atoms with Gasteiger partial charge in [0.25, 0.3) is 0 Å². The van der Waals surface area contributed by atoms with Gasteiger partial charge in [-0.1, -0.05) is 17.7 Å². The number of nitriles is 1. The van der Waals surface area contributed by atoms with Crippen LogP contribution in [0, 0.1) is 18.3 Å². The number of hydrogen-bond acceptors (Lipinski definition) is 2. The number of fused-ring (bicyclic) bond motifs is 1. The van der Waals surface area contributed by atoms with E-state index in [-0.39, 0.29) is 6.04 Å². The fourth-order valence-electron chi connectivity index (χ4n) is 1.73. The first-order valence-electron chi connectivity index (χ1n) is 4.63. The molecule has 1 unspecified atom stereocenters. The van der Waals surface area contributed by atoms with Gasteiger partial charge in [0.15, 0.2) is 0 Å². The highest BCUT2D eigenvalue weighted by molar-refractivity contribution is 5.73. The van der Waals surface area contributed by atoms with E-state index in [9.17, 15) is 0 Å². The molecule has 0 fully saturated rings. The summed E-state index contributed by atoms with van der Waals surface area (Å²) in [5.74, 6) is 0. The molecule has 1 aromatic carbocycles. The Hall–Kier alpha value is -1.75. The Bertz CT molecular complexity index is 426. The van der Waals surface area contributed by atoms with Crippen molar-refractivity contribution < 1.29 is 0 Å². The largest absolute Gasteiger partial charge is 0.355 e. The molecule has 0 bridgehead atoms. The zero-order valence-corrected chi connectivity index (χ0v) is 8.36. The van der Waals surface area contributed by atoms with Gasteiger partial charge in [-0.25, -0.2) is 0 Å². The smallest absolute Gasteiger partial charge is 0.135 e. The molecule has 70 valence electrons. The highest BCUT2D eigenvalue weighted by atomic mass is 15.1. The minimum absolute atomic E-state index is 0.134. The lowest BCUT2D eigenvalue weighted by molar-refractivity contribution is 0.896. The number of rotatable bonds is 0. The molecule has 0 aliphatic carbocycles. The average molecular weight is 184 g/mol. The Morgan fingerprint density at radius 2 is 2.21 bits per heavy atom. The summed E-state index contributed by atoms with van der Waals surface area (Å²) in [5.41, 5.74) is 3.57. The number of benzene rings is 1. The molecular weight excluding hydrogens is 172 g/mol. The number of aryl methyl sites for hydroxylation is 1. The van der Waals surface area contributed by atoms with Gasteiger partial charge >= 0.3 is 0 Å². The van der Waals surface area contributed by atoms with Gasteiger partial charge < -0.3 is 4.90 Å². The van der Waals surface area contributed by atoms with Crippen LogP contribution in [0.2, 0.25) is 0 Å². The second-order valence-corrected chi connectivity index (χ2v) is 3.61. The topological polar surface area (TPSA) is 27.0 Å². The Balaban J connectivity index is 2.51. The molecule has 0 saturated heterocycles. The molecule has 0 N–H and O–H groups in total. The van der Waals surface area contributed by atoms with Crippen molar-refractivity contribution >= 4 is 11.8 Å². The molecule has 1 heterocycles. The molecule has 2 nitrogen and oxygen atoms in total. The zero-order chi connectivity index (χ0) is 10.1. The summed E-state index contributed by atoms with van der Waals surface area (Å²) in [5, 5.41) is 8.90. The van der Waals surface area contributed by atoms with Crippen LogP contribution in [0.25, 0.3) is 6.08 Å². The van der Waals surface area contributed by atoms with Crippen molar-refractivity contribution in [2.24, 2.45) is 0 Å². The Morgan fingerprint density at radius 3 is 2.93 bits per heavy atom. The van der Waals surface area contributed by atoms with Crippen molar-refractivity contribution in [3.63, 3.8) is 0 Å². The first-order valence-corrected chi connectivity index (χ1v) is 4.63. The van der Waals surface area contributed by atoms with E-state index >= 15 is 0 Å². The quantitative estimate of drug-likeness (QED) is 0.618. The van der Waals surface area contributed by atoms with E-state index in [0.29, 0.717) is 0 Å². The Morgan fingerprint density at radius 1 is 1.43 bits per heavy atom. The van der Waals surface area contributed by atoms with Crippen molar-refractivity contribution in [3.8, 4) is 6.07 Å². The minimum atomic E-state index is -0.134. The molecule has 14 heavy (non-hydrogen) atoms. The van der Waals surface area contributed by atoms with E-state index in [1.54, 1.807) is 0 Å². The molecule has 1 aliphatic heterocycles. The van der Waals surface area contributed by atoms with Gasteiger partial charge in [0, 0.05) is 12.7 Å². The maximum absolute atomic E-state index is 8.90. The van der Waals surface area contributed by atoms with Crippen molar-refractivity contribution in [2.75, 3.05) is 11.9 Å². The second-order valence-electron chi connectivity index (χ2n) is 3.61. The molecule has 0 amide bonds. The lowest BCUT2D eigenvalue weighted by Gasteiger charge is -2.28. The summed E-state index contributed by atoms with van der Waals surface area (Å²) in [4.78, 5) is 1.99. The first kappa shape index (κ1) is 8.83. The standard InChI is InChI=1S/C12H12N2/c1-9-3-6-12-10(7-9)4-5-11(8-13)14(12)2/h3-7,11H,1-2H3. The van der Waals surface area contributed by atoms with E-state index < -0.39 is 0 Å². The van der Waals surface area contributed by atoms with Crippen LogP contribution in [-0.4, -0.2) is 13.1 Å². The van der Waals surface area contributed by atoms with Crippen LogP contribution in [0.5, 0.6) is 0 Å². The molecule has 0 saturated carbocycles. The summed E-state index contributed by atoms with van der Waals surface area (Å²) in [6.45, 7) is 2.07. The third kappa shape index (κ3) is 1.27. The van der Waals surface area contributed by atoms with E-state index in [2.05, 4.69) is 31.2 Å². The van der Waals surface area contributed by atoms with E-state index in [1.165, 1.54) is 11.1 Å². The molecule has 1 atom stereocenters. The van der Waals surface area contributed by atoms with Gasteiger partial charge in [0.05, 0.1) is 6.07 Å². The molecule has 2 heteroatoms. The summed E-state index contributed by atoms with van der Waals surface area (Å²) in [7, 11) is 1.95. The van der Waals surface area contributed by atoms with Gasteiger partial charge in [-0.2, -0.15) is 5.26 Å². The zero-order valence-electron chi connectivity index (χ0n) is 8.36. The van der Waals surface area contributed by atoms with Crippen LogP contribution in [0.15, 0.2) is 24.3 Å². The van der Waals surface area contributed by atoms with Crippen molar-refractivity contribution in [2.45, 2.75) is 13.0 Å². The second kappa shape index (κ2) is 3.19. The lowest BCUT2D eigenvalue weighted by atomic mass is 10.0.